The molecule has 0 fully saturated rings. The highest BCUT2D eigenvalue weighted by Gasteiger charge is 2.16. The van der Waals surface area contributed by atoms with E-state index in [1.54, 1.807) is 46.8 Å². The number of pyridine rings is 1. The highest BCUT2D eigenvalue weighted by molar-refractivity contribution is 5.88. The largest absolute Gasteiger partial charge is 0.493 e. The smallest absolute Gasteiger partial charge is 0.211 e. The van der Waals surface area contributed by atoms with Gasteiger partial charge in [-0.2, -0.15) is 0 Å². The van der Waals surface area contributed by atoms with Crippen LogP contribution in [0.3, 0.4) is 0 Å². The van der Waals surface area contributed by atoms with E-state index in [9.17, 15) is 0 Å². The summed E-state index contributed by atoms with van der Waals surface area (Å²) >= 11 is 0. The molecular weight excluding hydrogens is 322 g/mol. The molecule has 3 rings (SSSR count). The van der Waals surface area contributed by atoms with Gasteiger partial charge >= 0.3 is 0 Å². The van der Waals surface area contributed by atoms with E-state index < -0.39 is 0 Å². The lowest BCUT2D eigenvalue weighted by Crippen LogP contribution is -1.96. The van der Waals surface area contributed by atoms with Crippen molar-refractivity contribution in [1.82, 2.24) is 4.98 Å². The Morgan fingerprint density at radius 2 is 1.28 bits per heavy atom. The van der Waals surface area contributed by atoms with Crippen LogP contribution in [0.5, 0.6) is 34.5 Å². The molecule has 0 unspecified atom stereocenters. The van der Waals surface area contributed by atoms with Crippen molar-refractivity contribution in [3.8, 4) is 34.5 Å². The minimum Gasteiger partial charge on any atom is -0.493 e. The lowest BCUT2D eigenvalue weighted by molar-refractivity contribution is 0.347. The predicted octanol–water partition coefficient (Wildman–Crippen LogP) is 4.06. The number of benzene rings is 2. The van der Waals surface area contributed by atoms with Crippen molar-refractivity contribution in [3.63, 3.8) is 0 Å². The zero-order valence-electron chi connectivity index (χ0n) is 14.5. The Kier molecular flexibility index (Phi) is 4.79. The molecule has 0 N–H and O–H groups in total. The molecule has 3 aromatic rings. The summed E-state index contributed by atoms with van der Waals surface area (Å²) in [4.78, 5) is 4.37. The summed E-state index contributed by atoms with van der Waals surface area (Å²) in [5.74, 6) is 3.45. The van der Waals surface area contributed by atoms with Crippen molar-refractivity contribution in [2.45, 2.75) is 0 Å². The number of hydrogen-bond donors (Lipinski definition) is 0. The van der Waals surface area contributed by atoms with Gasteiger partial charge in [0.05, 0.1) is 34.0 Å². The van der Waals surface area contributed by atoms with Crippen molar-refractivity contribution in [2.24, 2.45) is 0 Å². The lowest BCUT2D eigenvalue weighted by Gasteiger charge is -2.16. The number of fused-ring (bicyclic) bond motifs is 1. The van der Waals surface area contributed by atoms with Gasteiger partial charge in [0.1, 0.15) is 5.75 Å². The zero-order valence-corrected chi connectivity index (χ0v) is 14.5. The monoisotopic (exact) mass is 341 g/mol. The highest BCUT2D eigenvalue weighted by Crippen LogP contribution is 2.43. The molecule has 6 heteroatoms. The fourth-order valence-corrected chi connectivity index (χ4v) is 2.56. The van der Waals surface area contributed by atoms with Crippen LogP contribution in [0.15, 0.2) is 42.6 Å². The average Bonchev–Trinajstić information content (AvgIpc) is 2.67. The summed E-state index contributed by atoms with van der Waals surface area (Å²) in [6.45, 7) is 0. The number of rotatable bonds is 6. The molecule has 1 aromatic heterocycles. The van der Waals surface area contributed by atoms with E-state index in [2.05, 4.69) is 4.98 Å². The Hall–Kier alpha value is -3.15. The zero-order chi connectivity index (χ0) is 17.8. The van der Waals surface area contributed by atoms with Crippen LogP contribution in [0, 0.1) is 0 Å². The molecule has 6 nitrogen and oxygen atoms in total. The minimum absolute atomic E-state index is 0.495. The molecule has 0 atom stereocenters. The molecule has 0 bridgehead atoms. The van der Waals surface area contributed by atoms with Crippen LogP contribution in [0.2, 0.25) is 0 Å². The number of methoxy groups -OCH3 is 4. The standard InChI is InChI=1S/C19H19NO5/c1-21-15-6-5-7-16(22-2)19(15)25-14-8-9-20-13-11-18(24-4)17(23-3)10-12(13)14/h5-11H,1-4H3. The molecule has 2 aromatic carbocycles. The van der Waals surface area contributed by atoms with Gasteiger partial charge < -0.3 is 23.7 Å². The van der Waals surface area contributed by atoms with Crippen molar-refractivity contribution in [3.05, 3.63) is 42.6 Å². The van der Waals surface area contributed by atoms with Crippen LogP contribution in [0.25, 0.3) is 10.9 Å². The third-order valence-corrected chi connectivity index (χ3v) is 3.80. The van der Waals surface area contributed by atoms with Gasteiger partial charge in [0.25, 0.3) is 0 Å². The number of nitrogens with zero attached hydrogens (tertiary/aromatic N) is 1. The van der Waals surface area contributed by atoms with Gasteiger partial charge in [0, 0.05) is 17.6 Å². The van der Waals surface area contributed by atoms with E-state index in [1.807, 2.05) is 24.3 Å². The molecule has 25 heavy (non-hydrogen) atoms. The van der Waals surface area contributed by atoms with E-state index in [-0.39, 0.29) is 0 Å². The Labute approximate surface area is 145 Å². The first-order valence-corrected chi connectivity index (χ1v) is 7.61. The second-order valence-corrected chi connectivity index (χ2v) is 5.13. The molecular formula is C19H19NO5. The van der Waals surface area contributed by atoms with E-state index >= 15 is 0 Å². The summed E-state index contributed by atoms with van der Waals surface area (Å²) < 4.78 is 27.6. The third-order valence-electron chi connectivity index (χ3n) is 3.80. The minimum atomic E-state index is 0.495. The van der Waals surface area contributed by atoms with E-state index in [0.29, 0.717) is 34.5 Å². The average molecular weight is 341 g/mol. The Balaban J connectivity index is 2.14. The van der Waals surface area contributed by atoms with Crippen LogP contribution in [-0.4, -0.2) is 33.4 Å². The fraction of sp³-hybridized carbons (Fsp3) is 0.211. The molecule has 0 spiro atoms. The molecule has 0 aliphatic heterocycles. The van der Waals surface area contributed by atoms with Gasteiger partial charge in [-0.15, -0.1) is 0 Å². The summed E-state index contributed by atoms with van der Waals surface area (Å²) in [5, 5.41) is 0.785. The molecule has 0 amide bonds. The van der Waals surface area contributed by atoms with Crippen molar-refractivity contribution >= 4 is 10.9 Å². The Morgan fingerprint density at radius 1 is 0.680 bits per heavy atom. The topological polar surface area (TPSA) is 59.0 Å². The normalized spacial score (nSPS) is 10.4. The molecule has 0 saturated carbocycles. The van der Waals surface area contributed by atoms with Crippen LogP contribution in [0.4, 0.5) is 0 Å². The summed E-state index contributed by atoms with van der Waals surface area (Å²) in [5.41, 5.74) is 0.726. The van der Waals surface area contributed by atoms with Gasteiger partial charge in [-0.25, -0.2) is 0 Å². The molecule has 1 heterocycles. The van der Waals surface area contributed by atoms with Crippen molar-refractivity contribution < 1.29 is 23.7 Å². The van der Waals surface area contributed by atoms with E-state index in [4.69, 9.17) is 23.7 Å². The Morgan fingerprint density at radius 3 is 1.88 bits per heavy atom. The van der Waals surface area contributed by atoms with Gasteiger partial charge in [-0.1, -0.05) is 6.07 Å². The second-order valence-electron chi connectivity index (χ2n) is 5.13. The highest BCUT2D eigenvalue weighted by atomic mass is 16.5. The van der Waals surface area contributed by atoms with E-state index in [0.717, 1.165) is 10.9 Å². The fourth-order valence-electron chi connectivity index (χ4n) is 2.56. The summed E-state index contributed by atoms with van der Waals surface area (Å²) in [7, 11) is 6.34. The van der Waals surface area contributed by atoms with Gasteiger partial charge in [-0.05, 0) is 24.3 Å². The first kappa shape index (κ1) is 16.7. The number of ether oxygens (including phenoxy) is 5. The maximum Gasteiger partial charge on any atom is 0.211 e. The van der Waals surface area contributed by atoms with Crippen LogP contribution >= 0.6 is 0 Å². The third kappa shape index (κ3) is 3.10. The van der Waals surface area contributed by atoms with Crippen molar-refractivity contribution in [1.29, 1.82) is 0 Å². The second kappa shape index (κ2) is 7.17. The first-order valence-electron chi connectivity index (χ1n) is 7.61. The number of aromatic nitrogens is 1. The lowest BCUT2D eigenvalue weighted by atomic mass is 10.1. The van der Waals surface area contributed by atoms with Gasteiger partial charge in [0.2, 0.25) is 5.75 Å². The summed E-state index contributed by atoms with van der Waals surface area (Å²) in [6, 6.07) is 10.9. The SMILES string of the molecule is COc1cc2nccc(Oc3c(OC)cccc3OC)c2cc1OC. The van der Waals surface area contributed by atoms with Crippen molar-refractivity contribution in [2.75, 3.05) is 28.4 Å². The molecule has 0 aliphatic rings. The predicted molar refractivity (Wildman–Crippen MR) is 94.5 cm³/mol. The van der Waals surface area contributed by atoms with Crippen LogP contribution < -0.4 is 23.7 Å². The first-order chi connectivity index (χ1) is 12.2. The quantitative estimate of drug-likeness (QED) is 0.674. The van der Waals surface area contributed by atoms with Crippen LogP contribution in [0.1, 0.15) is 0 Å². The maximum absolute atomic E-state index is 6.12. The van der Waals surface area contributed by atoms with Gasteiger partial charge in [0.15, 0.2) is 23.0 Å². The maximum atomic E-state index is 6.12. The number of hydrogen-bond acceptors (Lipinski definition) is 6. The molecule has 0 aliphatic carbocycles. The van der Waals surface area contributed by atoms with Gasteiger partial charge in [-0.3, -0.25) is 4.98 Å². The molecule has 0 saturated heterocycles. The Bertz CT molecular complexity index is 872. The number of para-hydroxylation sites is 1. The van der Waals surface area contributed by atoms with Crippen LogP contribution in [-0.2, 0) is 0 Å². The molecule has 0 radical (unpaired) electrons. The summed E-state index contributed by atoms with van der Waals surface area (Å²) in [6.07, 6.45) is 1.67. The van der Waals surface area contributed by atoms with E-state index in [1.165, 1.54) is 0 Å². The molecule has 130 valence electrons.